The number of carboxylic acids is 2. The molecule has 6 nitrogen and oxygen atoms in total. The Hall–Kier alpha value is -2.86. The fourth-order valence-electron chi connectivity index (χ4n) is 2.05. The molecule has 0 aliphatic carbocycles. The summed E-state index contributed by atoms with van der Waals surface area (Å²) < 4.78 is 5.34. The van der Waals surface area contributed by atoms with Crippen LogP contribution in [0.3, 0.4) is 0 Å². The molecule has 2 rings (SSSR count). The first-order valence-corrected chi connectivity index (χ1v) is 7.00. The minimum absolute atomic E-state index is 0.314. The molecule has 0 fully saturated rings. The van der Waals surface area contributed by atoms with Gasteiger partial charge in [-0.3, -0.25) is 4.79 Å². The monoisotopic (exact) mass is 315 g/mol. The molecule has 0 aliphatic heterocycles. The Morgan fingerprint density at radius 1 is 0.913 bits per heavy atom. The van der Waals surface area contributed by atoms with Gasteiger partial charge in [0.2, 0.25) is 0 Å². The summed E-state index contributed by atoms with van der Waals surface area (Å²) >= 11 is 0. The van der Waals surface area contributed by atoms with Gasteiger partial charge in [-0.25, -0.2) is 4.79 Å². The first kappa shape index (κ1) is 16.5. The zero-order chi connectivity index (χ0) is 16.8. The van der Waals surface area contributed by atoms with Gasteiger partial charge in [0, 0.05) is 6.42 Å². The number of carbonyl (C=O) groups is 2. The van der Waals surface area contributed by atoms with E-state index in [-0.39, 0.29) is 6.42 Å². The number of hydrogen-bond acceptors (Lipinski definition) is 4. The van der Waals surface area contributed by atoms with Crippen LogP contribution in [0, 0.1) is 0 Å². The molecule has 0 aliphatic rings. The van der Waals surface area contributed by atoms with Crippen molar-refractivity contribution in [1.29, 1.82) is 0 Å². The average Bonchev–Trinajstić information content (AvgIpc) is 2.55. The van der Waals surface area contributed by atoms with Gasteiger partial charge in [-0.15, -0.1) is 0 Å². The lowest BCUT2D eigenvalue weighted by Crippen LogP contribution is -2.39. The second-order valence-corrected chi connectivity index (χ2v) is 5.02. The van der Waals surface area contributed by atoms with Crippen LogP contribution in [0.2, 0.25) is 0 Å². The van der Waals surface area contributed by atoms with Crippen LogP contribution >= 0.6 is 0 Å². The highest BCUT2D eigenvalue weighted by molar-refractivity contribution is 5.77. The molecule has 2 atom stereocenters. The van der Waals surface area contributed by atoms with Gasteiger partial charge in [-0.1, -0.05) is 42.5 Å². The Morgan fingerprint density at radius 2 is 1.48 bits per heavy atom. The molecule has 0 saturated carbocycles. The fourth-order valence-corrected chi connectivity index (χ4v) is 2.05. The van der Waals surface area contributed by atoms with Crippen molar-refractivity contribution >= 4 is 11.9 Å². The van der Waals surface area contributed by atoms with E-state index in [4.69, 9.17) is 20.7 Å². The highest BCUT2D eigenvalue weighted by atomic mass is 16.5. The molecule has 2 aromatic rings. The molecule has 0 amide bonds. The van der Waals surface area contributed by atoms with Gasteiger partial charge >= 0.3 is 11.9 Å². The van der Waals surface area contributed by atoms with Crippen molar-refractivity contribution < 1.29 is 24.5 Å². The van der Waals surface area contributed by atoms with Crippen molar-refractivity contribution in [2.45, 2.75) is 18.6 Å². The molecular formula is C17H17NO5. The Morgan fingerprint density at radius 3 is 2.00 bits per heavy atom. The van der Waals surface area contributed by atoms with E-state index >= 15 is 0 Å². The van der Waals surface area contributed by atoms with Crippen molar-refractivity contribution in [2.24, 2.45) is 5.73 Å². The third-order valence-corrected chi connectivity index (χ3v) is 3.30. The van der Waals surface area contributed by atoms with E-state index in [0.717, 1.165) is 11.1 Å². The zero-order valence-corrected chi connectivity index (χ0v) is 12.3. The van der Waals surface area contributed by atoms with Crippen LogP contribution in [0.5, 0.6) is 5.75 Å². The Bertz CT molecular complexity index is 669. The van der Waals surface area contributed by atoms with Crippen LogP contribution in [0.4, 0.5) is 0 Å². The predicted octanol–water partition coefficient (Wildman–Crippen LogP) is 1.99. The van der Waals surface area contributed by atoms with Gasteiger partial charge in [-0.2, -0.15) is 0 Å². The lowest BCUT2D eigenvalue weighted by Gasteiger charge is -2.17. The minimum atomic E-state index is -1.32. The van der Waals surface area contributed by atoms with Crippen LogP contribution in [0.1, 0.15) is 6.42 Å². The van der Waals surface area contributed by atoms with Gasteiger partial charge in [0.15, 0.2) is 6.10 Å². The number of rotatable bonds is 7. The molecule has 1 unspecified atom stereocenters. The van der Waals surface area contributed by atoms with Gasteiger partial charge in [-0.05, 0) is 23.3 Å². The van der Waals surface area contributed by atoms with Gasteiger partial charge in [0.25, 0.3) is 0 Å². The maximum Gasteiger partial charge on any atom is 0.344 e. The molecule has 23 heavy (non-hydrogen) atoms. The summed E-state index contributed by atoms with van der Waals surface area (Å²) in [5, 5.41) is 17.9. The molecule has 0 heterocycles. The molecule has 0 spiro atoms. The van der Waals surface area contributed by atoms with E-state index in [9.17, 15) is 9.59 Å². The summed E-state index contributed by atoms with van der Waals surface area (Å²) in [5.74, 6) is -2.18. The highest BCUT2D eigenvalue weighted by Crippen LogP contribution is 2.23. The van der Waals surface area contributed by atoms with Crippen molar-refractivity contribution in [2.75, 3.05) is 0 Å². The van der Waals surface area contributed by atoms with E-state index in [0.29, 0.717) is 5.75 Å². The van der Waals surface area contributed by atoms with Crippen molar-refractivity contribution in [3.05, 3.63) is 54.6 Å². The van der Waals surface area contributed by atoms with Crippen LogP contribution < -0.4 is 10.5 Å². The maximum absolute atomic E-state index is 11.2. The Labute approximate surface area is 133 Å². The fraction of sp³-hybridized carbons (Fsp3) is 0.176. The first-order valence-electron chi connectivity index (χ1n) is 7.00. The number of nitrogens with two attached hydrogens (primary N) is 1. The van der Waals surface area contributed by atoms with Crippen LogP contribution in [0.15, 0.2) is 54.6 Å². The molecule has 0 radical (unpaired) electrons. The summed E-state index contributed by atoms with van der Waals surface area (Å²) in [5.41, 5.74) is 7.36. The van der Waals surface area contributed by atoms with Crippen LogP contribution in [0.25, 0.3) is 11.1 Å². The second kappa shape index (κ2) is 7.42. The quantitative estimate of drug-likeness (QED) is 0.720. The first-order chi connectivity index (χ1) is 11.0. The third kappa shape index (κ3) is 4.55. The van der Waals surface area contributed by atoms with E-state index in [1.165, 1.54) is 0 Å². The maximum atomic E-state index is 11.2. The summed E-state index contributed by atoms with van der Waals surface area (Å²) in [4.78, 5) is 21.9. The molecular weight excluding hydrogens is 298 g/mol. The molecule has 120 valence electrons. The summed E-state index contributed by atoms with van der Waals surface area (Å²) in [7, 11) is 0. The minimum Gasteiger partial charge on any atom is -0.480 e. The summed E-state index contributed by atoms with van der Waals surface area (Å²) in [6.45, 7) is 0. The van der Waals surface area contributed by atoms with Crippen LogP contribution in [-0.4, -0.2) is 34.3 Å². The molecule has 0 bridgehead atoms. The smallest absolute Gasteiger partial charge is 0.344 e. The lowest BCUT2D eigenvalue weighted by atomic mass is 10.1. The average molecular weight is 315 g/mol. The standard InChI is InChI=1S/C17H17NO5/c18-14(16(19)20)10-15(17(21)22)23-13-8-6-12(7-9-13)11-4-2-1-3-5-11/h1-9,14-15H,10,18H2,(H,19,20)(H,21,22)/t14-,15?/m0/s1. The van der Waals surface area contributed by atoms with Crippen molar-refractivity contribution in [1.82, 2.24) is 0 Å². The Kier molecular flexibility index (Phi) is 5.32. The lowest BCUT2D eigenvalue weighted by molar-refractivity contribution is -0.146. The van der Waals surface area contributed by atoms with Gasteiger partial charge in [0.05, 0.1) is 0 Å². The van der Waals surface area contributed by atoms with E-state index in [2.05, 4.69) is 0 Å². The second-order valence-electron chi connectivity index (χ2n) is 5.02. The largest absolute Gasteiger partial charge is 0.480 e. The topological polar surface area (TPSA) is 110 Å². The highest BCUT2D eigenvalue weighted by Gasteiger charge is 2.26. The molecule has 2 aromatic carbocycles. The van der Waals surface area contributed by atoms with Gasteiger partial charge < -0.3 is 20.7 Å². The number of ether oxygens (including phenoxy) is 1. The molecule has 6 heteroatoms. The summed E-state index contributed by atoms with van der Waals surface area (Å²) in [6.07, 6.45) is -1.63. The van der Waals surface area contributed by atoms with E-state index < -0.39 is 24.1 Å². The van der Waals surface area contributed by atoms with E-state index in [1.807, 2.05) is 30.3 Å². The van der Waals surface area contributed by atoms with Gasteiger partial charge in [0.1, 0.15) is 11.8 Å². The zero-order valence-electron chi connectivity index (χ0n) is 12.3. The third-order valence-electron chi connectivity index (χ3n) is 3.30. The Balaban J connectivity index is 2.09. The van der Waals surface area contributed by atoms with Crippen molar-refractivity contribution in [3.8, 4) is 16.9 Å². The molecule has 0 aromatic heterocycles. The summed E-state index contributed by atoms with van der Waals surface area (Å²) in [6, 6.07) is 15.3. The number of aliphatic carboxylic acids is 2. The van der Waals surface area contributed by atoms with E-state index in [1.54, 1.807) is 24.3 Å². The number of hydrogen-bond donors (Lipinski definition) is 3. The van der Waals surface area contributed by atoms with Crippen molar-refractivity contribution in [3.63, 3.8) is 0 Å². The van der Waals surface area contributed by atoms with Crippen LogP contribution in [-0.2, 0) is 9.59 Å². The normalized spacial score (nSPS) is 13.1. The predicted molar refractivity (Wildman–Crippen MR) is 84.2 cm³/mol. The number of benzene rings is 2. The molecule has 4 N–H and O–H groups in total. The molecule has 0 saturated heterocycles. The SMILES string of the molecule is N[C@@H](CC(Oc1ccc(-c2ccccc2)cc1)C(=O)O)C(=O)O. The number of carboxylic acid groups (broad SMARTS) is 2.